The Morgan fingerprint density at radius 1 is 1.33 bits per heavy atom. The van der Waals surface area contributed by atoms with Crippen LogP contribution in [-0.2, 0) is 0 Å². The lowest BCUT2D eigenvalue weighted by Crippen LogP contribution is -2.31. The highest BCUT2D eigenvalue weighted by Crippen LogP contribution is 2.35. The Bertz CT molecular complexity index is 816. The number of carbonyl (C=O) groups excluding carboxylic acids is 1. The van der Waals surface area contributed by atoms with E-state index >= 15 is 0 Å². The summed E-state index contributed by atoms with van der Waals surface area (Å²) in [6.45, 7) is 4.75. The summed E-state index contributed by atoms with van der Waals surface area (Å²) in [5.41, 5.74) is 1.17. The minimum Gasteiger partial charge on any atom is -0.492 e. The van der Waals surface area contributed by atoms with Gasteiger partial charge in [-0.1, -0.05) is 5.21 Å². The van der Waals surface area contributed by atoms with Gasteiger partial charge in [0.25, 0.3) is 5.91 Å². The number of piperidine rings is 1. The SMILES string of the molecule is Cc1c(C(=O)NCCOc2ccc3c(c2)OCO3)nnn1C1CCNCC1. The van der Waals surface area contributed by atoms with Crippen LogP contribution in [0.15, 0.2) is 18.2 Å². The van der Waals surface area contributed by atoms with E-state index in [1.54, 1.807) is 12.1 Å². The number of aromatic nitrogens is 3. The van der Waals surface area contributed by atoms with E-state index in [1.807, 2.05) is 17.7 Å². The Morgan fingerprint density at radius 2 is 2.15 bits per heavy atom. The van der Waals surface area contributed by atoms with Crippen molar-refractivity contribution in [3.8, 4) is 17.2 Å². The summed E-state index contributed by atoms with van der Waals surface area (Å²) in [6, 6.07) is 5.69. The van der Waals surface area contributed by atoms with Crippen molar-refractivity contribution in [2.45, 2.75) is 25.8 Å². The van der Waals surface area contributed by atoms with E-state index in [0.717, 1.165) is 31.6 Å². The van der Waals surface area contributed by atoms with E-state index in [0.29, 0.717) is 42.1 Å². The van der Waals surface area contributed by atoms with Crippen molar-refractivity contribution in [2.75, 3.05) is 33.0 Å². The van der Waals surface area contributed by atoms with Gasteiger partial charge >= 0.3 is 0 Å². The summed E-state index contributed by atoms with van der Waals surface area (Å²) in [5.74, 6) is 1.81. The molecular weight excluding hydrogens is 350 g/mol. The molecule has 27 heavy (non-hydrogen) atoms. The fourth-order valence-corrected chi connectivity index (χ4v) is 3.33. The van der Waals surface area contributed by atoms with E-state index in [4.69, 9.17) is 14.2 Å². The van der Waals surface area contributed by atoms with Gasteiger partial charge in [-0.25, -0.2) is 4.68 Å². The molecule has 3 heterocycles. The second-order valence-electron chi connectivity index (χ2n) is 6.57. The van der Waals surface area contributed by atoms with Crippen LogP contribution >= 0.6 is 0 Å². The largest absolute Gasteiger partial charge is 0.492 e. The molecule has 1 amide bonds. The molecule has 2 N–H and O–H groups in total. The Kier molecular flexibility index (Phi) is 5.10. The highest BCUT2D eigenvalue weighted by molar-refractivity contribution is 5.93. The third kappa shape index (κ3) is 3.82. The van der Waals surface area contributed by atoms with Crippen LogP contribution in [0.25, 0.3) is 0 Å². The number of carbonyl (C=O) groups is 1. The van der Waals surface area contributed by atoms with Gasteiger partial charge in [-0.3, -0.25) is 4.79 Å². The van der Waals surface area contributed by atoms with E-state index in [9.17, 15) is 4.79 Å². The average Bonchev–Trinajstić information content (AvgIpc) is 3.31. The second-order valence-corrected chi connectivity index (χ2v) is 6.57. The molecule has 0 saturated carbocycles. The zero-order valence-electron chi connectivity index (χ0n) is 15.2. The summed E-state index contributed by atoms with van der Waals surface area (Å²) < 4.78 is 18.1. The summed E-state index contributed by atoms with van der Waals surface area (Å²) in [7, 11) is 0. The zero-order valence-corrected chi connectivity index (χ0v) is 15.2. The number of fused-ring (bicyclic) bond motifs is 1. The lowest BCUT2D eigenvalue weighted by atomic mass is 10.1. The van der Waals surface area contributed by atoms with Gasteiger partial charge in [0.15, 0.2) is 17.2 Å². The van der Waals surface area contributed by atoms with Crippen molar-refractivity contribution in [1.29, 1.82) is 0 Å². The van der Waals surface area contributed by atoms with E-state index < -0.39 is 0 Å². The molecule has 0 aliphatic carbocycles. The van der Waals surface area contributed by atoms with Crippen LogP contribution in [-0.4, -0.2) is 53.9 Å². The molecular formula is C18H23N5O4. The zero-order chi connectivity index (χ0) is 18.6. The molecule has 2 aliphatic heterocycles. The standard InChI is InChI=1S/C18H23N5O4/c1-12-17(21-22-23(12)13-4-6-19-7-5-13)18(24)20-8-9-25-14-2-3-15-16(10-14)27-11-26-15/h2-3,10,13,19H,4-9,11H2,1H3,(H,20,24). The molecule has 1 aromatic heterocycles. The molecule has 1 fully saturated rings. The van der Waals surface area contributed by atoms with Crippen molar-refractivity contribution in [2.24, 2.45) is 0 Å². The topological polar surface area (TPSA) is 99.5 Å². The Labute approximate surface area is 157 Å². The maximum atomic E-state index is 12.4. The fraction of sp³-hybridized carbons (Fsp3) is 0.500. The minimum atomic E-state index is -0.234. The molecule has 0 unspecified atom stereocenters. The quantitative estimate of drug-likeness (QED) is 0.730. The van der Waals surface area contributed by atoms with Gasteiger partial charge in [-0.15, -0.1) is 5.10 Å². The Balaban J connectivity index is 1.27. The van der Waals surface area contributed by atoms with Gasteiger partial charge in [0.1, 0.15) is 12.4 Å². The molecule has 2 aromatic rings. The monoisotopic (exact) mass is 373 g/mol. The number of benzene rings is 1. The number of hydrogen-bond donors (Lipinski definition) is 2. The number of hydrogen-bond acceptors (Lipinski definition) is 7. The molecule has 1 saturated heterocycles. The molecule has 0 spiro atoms. The van der Waals surface area contributed by atoms with Crippen molar-refractivity contribution in [3.63, 3.8) is 0 Å². The molecule has 1 aromatic carbocycles. The van der Waals surface area contributed by atoms with Crippen LogP contribution in [0.5, 0.6) is 17.2 Å². The summed E-state index contributed by atoms with van der Waals surface area (Å²) in [5, 5.41) is 14.4. The highest BCUT2D eigenvalue weighted by Gasteiger charge is 2.22. The van der Waals surface area contributed by atoms with Gasteiger partial charge in [-0.05, 0) is 45.0 Å². The molecule has 4 rings (SSSR count). The van der Waals surface area contributed by atoms with E-state index in [-0.39, 0.29) is 12.7 Å². The van der Waals surface area contributed by atoms with Crippen LogP contribution in [0.3, 0.4) is 0 Å². The summed E-state index contributed by atoms with van der Waals surface area (Å²) in [6.07, 6.45) is 1.99. The fourth-order valence-electron chi connectivity index (χ4n) is 3.33. The molecule has 2 aliphatic rings. The molecule has 0 radical (unpaired) electrons. The van der Waals surface area contributed by atoms with Gasteiger partial charge in [0.05, 0.1) is 18.3 Å². The minimum absolute atomic E-state index is 0.228. The molecule has 9 nitrogen and oxygen atoms in total. The Hall–Kier alpha value is -2.81. The predicted molar refractivity (Wildman–Crippen MR) is 96.3 cm³/mol. The van der Waals surface area contributed by atoms with Crippen molar-refractivity contribution in [1.82, 2.24) is 25.6 Å². The summed E-state index contributed by atoms with van der Waals surface area (Å²) in [4.78, 5) is 12.4. The molecule has 9 heteroatoms. The number of ether oxygens (including phenoxy) is 3. The van der Waals surface area contributed by atoms with Crippen LogP contribution < -0.4 is 24.8 Å². The Morgan fingerprint density at radius 3 is 3.00 bits per heavy atom. The first-order valence-corrected chi connectivity index (χ1v) is 9.15. The van der Waals surface area contributed by atoms with Crippen molar-refractivity contribution < 1.29 is 19.0 Å². The predicted octanol–water partition coefficient (Wildman–Crippen LogP) is 1.05. The number of nitrogens with one attached hydrogen (secondary N) is 2. The first-order valence-electron chi connectivity index (χ1n) is 9.15. The number of nitrogens with zero attached hydrogens (tertiary/aromatic N) is 3. The lowest BCUT2D eigenvalue weighted by Gasteiger charge is -2.23. The van der Waals surface area contributed by atoms with Gasteiger partial charge in [0.2, 0.25) is 6.79 Å². The van der Waals surface area contributed by atoms with Crippen LogP contribution in [0.1, 0.15) is 35.1 Å². The maximum Gasteiger partial charge on any atom is 0.273 e. The first-order chi connectivity index (χ1) is 13.2. The van der Waals surface area contributed by atoms with Gasteiger partial charge < -0.3 is 24.8 Å². The smallest absolute Gasteiger partial charge is 0.273 e. The first kappa shape index (κ1) is 17.6. The van der Waals surface area contributed by atoms with E-state index in [1.165, 1.54) is 0 Å². The summed E-state index contributed by atoms with van der Waals surface area (Å²) >= 11 is 0. The lowest BCUT2D eigenvalue weighted by molar-refractivity contribution is 0.0941. The van der Waals surface area contributed by atoms with Gasteiger partial charge in [0, 0.05) is 6.07 Å². The number of rotatable bonds is 6. The molecule has 0 bridgehead atoms. The van der Waals surface area contributed by atoms with E-state index in [2.05, 4.69) is 20.9 Å². The van der Waals surface area contributed by atoms with Crippen LogP contribution in [0.2, 0.25) is 0 Å². The third-order valence-electron chi connectivity index (χ3n) is 4.80. The normalized spacial score (nSPS) is 16.3. The van der Waals surface area contributed by atoms with Crippen molar-refractivity contribution in [3.05, 3.63) is 29.6 Å². The van der Waals surface area contributed by atoms with Crippen LogP contribution in [0.4, 0.5) is 0 Å². The number of amides is 1. The third-order valence-corrected chi connectivity index (χ3v) is 4.80. The van der Waals surface area contributed by atoms with Gasteiger partial charge in [-0.2, -0.15) is 0 Å². The highest BCUT2D eigenvalue weighted by atomic mass is 16.7. The average molecular weight is 373 g/mol. The second kappa shape index (κ2) is 7.83. The maximum absolute atomic E-state index is 12.4. The van der Waals surface area contributed by atoms with Crippen LogP contribution in [0, 0.1) is 6.92 Å². The molecule has 0 atom stereocenters. The van der Waals surface area contributed by atoms with Crippen molar-refractivity contribution >= 4 is 5.91 Å². The molecule has 144 valence electrons.